The summed E-state index contributed by atoms with van der Waals surface area (Å²) in [7, 11) is 0. The second kappa shape index (κ2) is 27.7. The Kier molecular flexibility index (Phi) is 20.7. The van der Waals surface area contributed by atoms with E-state index in [1.165, 1.54) is 99.2 Å². The zero-order valence-electron chi connectivity index (χ0n) is 61.6. The van der Waals surface area contributed by atoms with Crippen molar-refractivity contribution in [2.75, 3.05) is 0 Å². The number of ketones is 3. The average Bonchev–Trinajstić information content (AvgIpc) is 1.59. The van der Waals surface area contributed by atoms with Gasteiger partial charge in [-0.2, -0.15) is 0 Å². The van der Waals surface area contributed by atoms with Crippen LogP contribution in [-0.4, -0.2) is 31.1 Å². The maximum Gasteiger partial charge on any atom is 0.168 e. The number of nitrogens with zero attached hydrogens (tertiary/aromatic N) is 3. The summed E-state index contributed by atoms with van der Waals surface area (Å²) in [5, 5.41) is 6.17. The van der Waals surface area contributed by atoms with E-state index in [1.54, 1.807) is 0 Å². The van der Waals surface area contributed by atoms with E-state index in [0.717, 1.165) is 71.0 Å². The summed E-state index contributed by atoms with van der Waals surface area (Å²) in [5.74, 6) is -7.09. The first-order valence-electron chi connectivity index (χ1n) is 36.3. The molecule has 3 heterocycles. The highest BCUT2D eigenvalue weighted by atomic mass is 19.1. The molecule has 6 nitrogen and oxygen atoms in total. The standard InChI is InChI=1S/C87H110F3N3O3/c1-82(2,3)55-34-40-67-61(49-55)62-50-56(83(4,5)6)35-41-68(62)91(67)46-28-22-19-25-31-73(94)76-79(88)77(74(95)32-26-20-23-29-47-92-69-42-36-57(84(7,8)9)51-63(69)64-52-58(85(10,11)12)37-43-70(64)92)81(90)78(80(76)89)75(96)33-27-21-24-30-48-93-71-44-38-59(86(13,14)15)53-65(71)66-54-60(87(16,17)18)39-45-72(66)93/h34-38,40-44,49-54H,19-33,39,45-48H2,1-18H3. The van der Waals surface area contributed by atoms with E-state index < -0.39 is 51.5 Å². The zero-order valence-corrected chi connectivity index (χ0v) is 61.6. The van der Waals surface area contributed by atoms with Crippen molar-refractivity contribution >= 4 is 77.9 Å². The van der Waals surface area contributed by atoms with Crippen molar-refractivity contribution in [3.8, 4) is 0 Å². The highest BCUT2D eigenvalue weighted by Crippen LogP contribution is 2.43. The molecule has 0 amide bonds. The minimum Gasteiger partial charge on any atom is -0.344 e. The lowest BCUT2D eigenvalue weighted by Crippen LogP contribution is -2.20. The third-order valence-electron chi connectivity index (χ3n) is 20.9. The Morgan fingerprint density at radius 1 is 0.323 bits per heavy atom. The molecule has 0 aliphatic heterocycles. The van der Waals surface area contributed by atoms with Crippen molar-refractivity contribution in [1.29, 1.82) is 0 Å². The van der Waals surface area contributed by atoms with Crippen LogP contribution in [0.1, 0.15) is 298 Å². The molecular formula is C87H110F3N3O3. The fraction of sp³-hybridized carbons (Fsp3) is 0.506. The molecule has 0 bridgehead atoms. The molecule has 1 aliphatic carbocycles. The van der Waals surface area contributed by atoms with Crippen LogP contribution in [0.15, 0.2) is 96.6 Å². The highest BCUT2D eigenvalue weighted by Gasteiger charge is 2.35. The largest absolute Gasteiger partial charge is 0.344 e. The van der Waals surface area contributed by atoms with Gasteiger partial charge in [-0.15, -0.1) is 0 Å². The average molecular weight is 1300 g/mol. The summed E-state index contributed by atoms with van der Waals surface area (Å²) in [6.45, 7) is 42.7. The lowest BCUT2D eigenvalue weighted by molar-refractivity contribution is 0.0961. The van der Waals surface area contributed by atoms with Crippen molar-refractivity contribution in [3.05, 3.63) is 170 Å². The van der Waals surface area contributed by atoms with Gasteiger partial charge in [0.25, 0.3) is 0 Å². The SMILES string of the molecule is CC(C)(C)C1=Cc2c(n(CCCCCCC(=O)c3c(F)c(C(=O)CCCCCCn4c5ccc(C(C)(C)C)cc5c5cc(C(C)(C)C)ccc54)c(F)c(C(=O)CCCCCCn4c5ccc(C(C)(C)C)cc5c5cc(C(C)(C)C)ccc54)c3F)c3ccc(C(C)(C)C)cc23)CC1. The number of carbonyl (C=O) groups excluding carboxylic acids is 3. The minimum atomic E-state index is -1.50. The Morgan fingerprint density at radius 2 is 0.583 bits per heavy atom. The Morgan fingerprint density at radius 3 is 0.865 bits per heavy atom. The molecule has 512 valence electrons. The van der Waals surface area contributed by atoms with Crippen LogP contribution in [0, 0.1) is 22.9 Å². The summed E-state index contributed by atoms with van der Waals surface area (Å²) in [5.41, 5.74) is 13.4. The van der Waals surface area contributed by atoms with Crippen LogP contribution in [-0.2, 0) is 53.1 Å². The summed E-state index contributed by atoms with van der Waals surface area (Å²) in [6, 6.07) is 34.0. The zero-order chi connectivity index (χ0) is 69.8. The van der Waals surface area contributed by atoms with Crippen LogP contribution in [0.25, 0.3) is 60.6 Å². The van der Waals surface area contributed by atoms with Gasteiger partial charge in [-0.3, -0.25) is 14.4 Å². The van der Waals surface area contributed by atoms with Crippen molar-refractivity contribution in [3.63, 3.8) is 0 Å². The van der Waals surface area contributed by atoms with Gasteiger partial charge in [-0.05, 0) is 172 Å². The lowest BCUT2D eigenvalue weighted by atomic mass is 9.79. The van der Waals surface area contributed by atoms with Gasteiger partial charge in [0.15, 0.2) is 34.8 Å². The molecule has 9 aromatic rings. The van der Waals surface area contributed by atoms with Crippen molar-refractivity contribution < 1.29 is 27.6 Å². The van der Waals surface area contributed by atoms with Gasteiger partial charge >= 0.3 is 0 Å². The van der Waals surface area contributed by atoms with E-state index in [0.29, 0.717) is 38.5 Å². The smallest absolute Gasteiger partial charge is 0.168 e. The molecule has 6 aromatic carbocycles. The lowest BCUT2D eigenvalue weighted by Gasteiger charge is -2.27. The van der Waals surface area contributed by atoms with Gasteiger partial charge in [-0.25, -0.2) is 13.2 Å². The van der Waals surface area contributed by atoms with Gasteiger partial charge in [0.2, 0.25) is 0 Å². The highest BCUT2D eigenvalue weighted by molar-refractivity contribution is 6.10. The third kappa shape index (κ3) is 15.2. The van der Waals surface area contributed by atoms with Gasteiger partial charge in [-0.1, -0.05) is 205 Å². The minimum absolute atomic E-state index is 0.000605. The topological polar surface area (TPSA) is 66.0 Å². The Hall–Kier alpha value is -7.00. The first-order valence-corrected chi connectivity index (χ1v) is 36.3. The fourth-order valence-electron chi connectivity index (χ4n) is 14.7. The number of aromatic nitrogens is 3. The summed E-state index contributed by atoms with van der Waals surface area (Å²) in [4.78, 5) is 42.8. The number of hydrogen-bond donors (Lipinski definition) is 0. The van der Waals surface area contributed by atoms with Gasteiger partial charge in [0.1, 0.15) is 0 Å². The molecule has 1 aliphatic rings. The Labute approximate surface area is 571 Å². The van der Waals surface area contributed by atoms with Crippen LogP contribution in [0.5, 0.6) is 0 Å². The number of allylic oxidation sites excluding steroid dienone is 1. The van der Waals surface area contributed by atoms with Crippen molar-refractivity contribution in [2.24, 2.45) is 5.41 Å². The molecular weight excluding hydrogens is 1190 g/mol. The molecule has 0 radical (unpaired) electrons. The van der Waals surface area contributed by atoms with Gasteiger partial charge < -0.3 is 13.7 Å². The van der Waals surface area contributed by atoms with Gasteiger partial charge in [0.05, 0.1) is 16.7 Å². The summed E-state index contributed by atoms with van der Waals surface area (Å²) in [6.07, 6.45) is 11.3. The monoisotopic (exact) mass is 1300 g/mol. The van der Waals surface area contributed by atoms with E-state index in [2.05, 4.69) is 235 Å². The molecule has 0 spiro atoms. The molecule has 9 heteroatoms. The van der Waals surface area contributed by atoms with Crippen LogP contribution >= 0.6 is 0 Å². The maximum atomic E-state index is 17.0. The number of benzene rings is 6. The predicted octanol–water partition coefficient (Wildman–Crippen LogP) is 24.6. The van der Waals surface area contributed by atoms with Gasteiger partial charge in [0, 0.05) is 105 Å². The van der Waals surface area contributed by atoms with Crippen LogP contribution in [0.4, 0.5) is 13.2 Å². The number of rotatable bonds is 24. The summed E-state index contributed by atoms with van der Waals surface area (Å²) >= 11 is 0. The number of carbonyl (C=O) groups is 3. The molecule has 0 fully saturated rings. The number of unbranched alkanes of at least 4 members (excludes halogenated alkanes) is 9. The van der Waals surface area contributed by atoms with Crippen molar-refractivity contribution in [2.45, 2.75) is 280 Å². The van der Waals surface area contributed by atoms with Crippen LogP contribution in [0.2, 0.25) is 0 Å². The summed E-state index contributed by atoms with van der Waals surface area (Å²) < 4.78 is 58.2. The second-order valence-electron chi connectivity index (χ2n) is 34.5. The molecule has 0 saturated heterocycles. The number of aryl methyl sites for hydroxylation is 3. The van der Waals surface area contributed by atoms with E-state index in [9.17, 15) is 14.4 Å². The quantitative estimate of drug-likeness (QED) is 0.0447. The molecule has 0 atom stereocenters. The van der Waals surface area contributed by atoms with E-state index >= 15 is 13.2 Å². The first-order chi connectivity index (χ1) is 44.9. The van der Waals surface area contributed by atoms with Crippen LogP contribution < -0.4 is 0 Å². The third-order valence-corrected chi connectivity index (χ3v) is 20.9. The number of Topliss-reactive ketones (excluding diaryl/α,β-unsaturated/α-hetero) is 3. The Bertz CT molecular complexity index is 4110. The van der Waals surface area contributed by atoms with Crippen molar-refractivity contribution in [1.82, 2.24) is 13.7 Å². The fourth-order valence-corrected chi connectivity index (χ4v) is 14.7. The molecule has 0 unspecified atom stereocenters. The molecule has 10 rings (SSSR count). The van der Waals surface area contributed by atoms with E-state index in [4.69, 9.17) is 0 Å². The number of fused-ring (bicyclic) bond motifs is 9. The number of halogens is 3. The molecule has 96 heavy (non-hydrogen) atoms. The second-order valence-corrected chi connectivity index (χ2v) is 34.5. The molecule has 0 saturated carbocycles. The van der Waals surface area contributed by atoms with E-state index in [1.807, 2.05) is 0 Å². The number of hydrogen-bond acceptors (Lipinski definition) is 3. The van der Waals surface area contributed by atoms with Crippen LogP contribution in [0.3, 0.4) is 0 Å². The molecule has 3 aromatic heterocycles. The first kappa shape index (κ1) is 71.8. The Balaban J connectivity index is 0.827. The van der Waals surface area contributed by atoms with E-state index in [-0.39, 0.29) is 51.8 Å². The normalized spacial score (nSPS) is 13.7. The maximum absolute atomic E-state index is 17.0. The predicted molar refractivity (Wildman–Crippen MR) is 399 cm³/mol. The molecule has 0 N–H and O–H groups in total.